The van der Waals surface area contributed by atoms with E-state index in [2.05, 4.69) is 6.58 Å². The summed E-state index contributed by atoms with van der Waals surface area (Å²) < 4.78 is 16.6. The predicted octanol–water partition coefficient (Wildman–Crippen LogP) is 1.51. The van der Waals surface area contributed by atoms with Crippen molar-refractivity contribution in [3.8, 4) is 0 Å². The molecule has 0 rings (SSSR count). The minimum atomic E-state index is -0.648. The molecule has 0 aromatic rings. The zero-order valence-electron chi connectivity index (χ0n) is 6.51. The maximum Gasteiger partial charge on any atom is 0.129 e. The summed E-state index contributed by atoms with van der Waals surface area (Å²) in [5.41, 5.74) is 5.35. The van der Waals surface area contributed by atoms with E-state index in [1.165, 1.54) is 19.3 Å². The Bertz CT molecular complexity index is 185. The summed E-state index contributed by atoms with van der Waals surface area (Å²) in [6.45, 7) is 2.83. The molecule has 0 radical (unpaired) electrons. The summed E-state index contributed by atoms with van der Waals surface area (Å²) in [6.07, 6.45) is 4.52. The molecule has 11 heavy (non-hydrogen) atoms. The van der Waals surface area contributed by atoms with Crippen LogP contribution in [0.1, 0.15) is 0 Å². The second-order valence-corrected chi connectivity index (χ2v) is 1.85. The van der Waals surface area contributed by atoms with Gasteiger partial charge in [-0.2, -0.15) is 0 Å². The Morgan fingerprint density at radius 3 is 2.64 bits per heavy atom. The highest BCUT2D eigenvalue weighted by Crippen LogP contribution is 1.97. The van der Waals surface area contributed by atoms with E-state index in [9.17, 15) is 4.39 Å². The normalized spacial score (nSPS) is 12.9. The van der Waals surface area contributed by atoms with Gasteiger partial charge in [-0.15, -0.1) is 0 Å². The molecule has 0 heterocycles. The molecule has 0 aliphatic carbocycles. The van der Waals surface area contributed by atoms with E-state index in [1.807, 2.05) is 0 Å². The van der Waals surface area contributed by atoms with E-state index in [0.717, 1.165) is 0 Å². The van der Waals surface area contributed by atoms with Crippen LogP contribution >= 0.6 is 0 Å². The lowest BCUT2D eigenvalue weighted by atomic mass is 10.3. The largest absolute Gasteiger partial charge is 0.497 e. The van der Waals surface area contributed by atoms with Gasteiger partial charge in [-0.1, -0.05) is 6.58 Å². The highest BCUT2D eigenvalue weighted by Gasteiger charge is 1.86. The molecule has 0 spiro atoms. The van der Waals surface area contributed by atoms with Crippen molar-refractivity contribution >= 4 is 0 Å². The summed E-state index contributed by atoms with van der Waals surface area (Å²) in [5.74, 6) is 0.557. The smallest absolute Gasteiger partial charge is 0.129 e. The number of hydrogen-bond acceptors (Lipinski definition) is 2. The predicted molar refractivity (Wildman–Crippen MR) is 43.5 cm³/mol. The third-order valence-electron chi connectivity index (χ3n) is 1.05. The van der Waals surface area contributed by atoms with Crippen LogP contribution in [0.4, 0.5) is 4.39 Å². The van der Waals surface area contributed by atoms with Crippen LogP contribution in [0.3, 0.4) is 0 Å². The molecule has 2 N–H and O–H groups in total. The first-order chi connectivity index (χ1) is 5.24. The monoisotopic (exact) mass is 157 g/mol. The fraction of sp³-hybridized carbons (Fsp3) is 0.250. The third-order valence-corrected chi connectivity index (χ3v) is 1.05. The van der Waals surface area contributed by atoms with E-state index in [-0.39, 0.29) is 5.70 Å². The highest BCUT2D eigenvalue weighted by molar-refractivity contribution is 5.19. The number of alkyl halides is 1. The van der Waals surface area contributed by atoms with Gasteiger partial charge in [0.05, 0.1) is 7.11 Å². The van der Waals surface area contributed by atoms with E-state index < -0.39 is 6.67 Å². The number of halogens is 1. The summed E-state index contributed by atoms with van der Waals surface area (Å²) in [5, 5.41) is 0. The van der Waals surface area contributed by atoms with Crippen LogP contribution in [0, 0.1) is 0 Å². The Morgan fingerprint density at radius 2 is 2.27 bits per heavy atom. The lowest BCUT2D eigenvalue weighted by molar-refractivity contribution is 0.307. The molecule has 0 saturated heterocycles. The third kappa shape index (κ3) is 4.19. The number of rotatable bonds is 4. The molecule has 62 valence electrons. The summed E-state index contributed by atoms with van der Waals surface area (Å²) >= 11 is 0. The van der Waals surface area contributed by atoms with E-state index in [4.69, 9.17) is 10.5 Å². The SMILES string of the molecule is C=C/C(=C\C=C(\N)CF)OC. The van der Waals surface area contributed by atoms with E-state index in [1.54, 1.807) is 6.08 Å². The Hall–Kier alpha value is -1.25. The molecular weight excluding hydrogens is 145 g/mol. The Labute approximate surface area is 65.8 Å². The minimum Gasteiger partial charge on any atom is -0.497 e. The highest BCUT2D eigenvalue weighted by atomic mass is 19.1. The molecule has 0 aliphatic heterocycles. The van der Waals surface area contributed by atoms with Gasteiger partial charge >= 0.3 is 0 Å². The average molecular weight is 157 g/mol. The van der Waals surface area contributed by atoms with Crippen LogP contribution in [0.15, 0.2) is 36.3 Å². The molecule has 0 aromatic heterocycles. The molecule has 0 aromatic carbocycles. The Balaban J connectivity index is 4.17. The first-order valence-corrected chi connectivity index (χ1v) is 3.13. The van der Waals surface area contributed by atoms with Crippen LogP contribution in [-0.2, 0) is 4.74 Å². The van der Waals surface area contributed by atoms with Crippen LogP contribution in [0.2, 0.25) is 0 Å². The fourth-order valence-corrected chi connectivity index (χ4v) is 0.453. The first kappa shape index (κ1) is 9.75. The number of ether oxygens (including phenoxy) is 1. The Kier molecular flexibility index (Phi) is 4.90. The van der Waals surface area contributed by atoms with Gasteiger partial charge in [0.15, 0.2) is 0 Å². The van der Waals surface area contributed by atoms with Gasteiger partial charge in [0, 0.05) is 5.70 Å². The van der Waals surface area contributed by atoms with Gasteiger partial charge < -0.3 is 10.5 Å². The molecule has 0 fully saturated rings. The second-order valence-electron chi connectivity index (χ2n) is 1.85. The van der Waals surface area contributed by atoms with Crippen molar-refractivity contribution in [3.05, 3.63) is 36.3 Å². The molecule has 0 unspecified atom stereocenters. The van der Waals surface area contributed by atoms with Crippen molar-refractivity contribution in [2.75, 3.05) is 13.8 Å². The van der Waals surface area contributed by atoms with Crippen LogP contribution in [0.5, 0.6) is 0 Å². The topological polar surface area (TPSA) is 35.2 Å². The Morgan fingerprint density at radius 1 is 1.64 bits per heavy atom. The van der Waals surface area contributed by atoms with Gasteiger partial charge in [0.1, 0.15) is 12.4 Å². The maximum atomic E-state index is 11.8. The standard InChI is InChI=1S/C8H12FNO/c1-3-8(11-2)5-4-7(10)6-9/h3-5H,1,6,10H2,2H3/b7-4+,8-5+. The van der Waals surface area contributed by atoms with Crippen molar-refractivity contribution in [1.29, 1.82) is 0 Å². The molecule has 0 atom stereocenters. The molecule has 0 aliphatic rings. The van der Waals surface area contributed by atoms with Gasteiger partial charge in [0.2, 0.25) is 0 Å². The number of methoxy groups -OCH3 is 1. The van der Waals surface area contributed by atoms with Crippen molar-refractivity contribution in [3.63, 3.8) is 0 Å². The maximum absolute atomic E-state index is 11.8. The summed E-state index contributed by atoms with van der Waals surface area (Å²) in [6, 6.07) is 0. The summed E-state index contributed by atoms with van der Waals surface area (Å²) in [4.78, 5) is 0. The van der Waals surface area contributed by atoms with Crippen molar-refractivity contribution in [1.82, 2.24) is 0 Å². The van der Waals surface area contributed by atoms with Gasteiger partial charge in [-0.05, 0) is 18.2 Å². The lowest BCUT2D eigenvalue weighted by Crippen LogP contribution is -1.97. The average Bonchev–Trinajstić information content (AvgIpc) is 2.06. The van der Waals surface area contributed by atoms with Crippen LogP contribution in [-0.4, -0.2) is 13.8 Å². The molecule has 3 heteroatoms. The minimum absolute atomic E-state index is 0.168. The summed E-state index contributed by atoms with van der Waals surface area (Å²) in [7, 11) is 1.51. The van der Waals surface area contributed by atoms with Crippen molar-refractivity contribution in [2.45, 2.75) is 0 Å². The first-order valence-electron chi connectivity index (χ1n) is 3.13. The van der Waals surface area contributed by atoms with Gasteiger partial charge in [-0.3, -0.25) is 0 Å². The fourth-order valence-electron chi connectivity index (χ4n) is 0.453. The molecule has 2 nitrogen and oxygen atoms in total. The lowest BCUT2D eigenvalue weighted by Gasteiger charge is -1.96. The van der Waals surface area contributed by atoms with Crippen LogP contribution < -0.4 is 5.73 Å². The number of hydrogen-bond donors (Lipinski definition) is 1. The van der Waals surface area contributed by atoms with E-state index >= 15 is 0 Å². The quantitative estimate of drug-likeness (QED) is 0.496. The molecule has 0 bridgehead atoms. The molecule has 0 saturated carbocycles. The number of nitrogens with two attached hydrogens (primary N) is 1. The second kappa shape index (κ2) is 5.53. The van der Waals surface area contributed by atoms with Crippen LogP contribution in [0.25, 0.3) is 0 Å². The zero-order valence-corrected chi connectivity index (χ0v) is 6.51. The molecular formula is C8H12FNO. The van der Waals surface area contributed by atoms with Crippen molar-refractivity contribution in [2.24, 2.45) is 5.73 Å². The zero-order chi connectivity index (χ0) is 8.69. The van der Waals surface area contributed by atoms with E-state index in [0.29, 0.717) is 5.76 Å². The number of allylic oxidation sites excluding steroid dienone is 4. The van der Waals surface area contributed by atoms with Gasteiger partial charge in [-0.25, -0.2) is 4.39 Å². The molecule has 0 amide bonds. The van der Waals surface area contributed by atoms with Crippen molar-refractivity contribution < 1.29 is 9.13 Å². The van der Waals surface area contributed by atoms with Gasteiger partial charge in [0.25, 0.3) is 0 Å².